The van der Waals surface area contributed by atoms with Gasteiger partial charge in [0.05, 0.1) is 6.04 Å². The smallest absolute Gasteiger partial charge is 0.223 e. The third kappa shape index (κ3) is 3.34. The second-order valence-electron chi connectivity index (χ2n) is 10.4. The fraction of sp³-hybridized carbons (Fsp3) is 0.593. The average Bonchev–Trinajstić information content (AvgIpc) is 3.13. The van der Waals surface area contributed by atoms with Crippen molar-refractivity contribution in [3.05, 3.63) is 47.7 Å². The molecule has 1 aromatic carbocycles. The molecule has 2 aromatic rings. The highest BCUT2D eigenvalue weighted by Crippen LogP contribution is 2.45. The van der Waals surface area contributed by atoms with Crippen LogP contribution < -0.4 is 0 Å². The van der Waals surface area contributed by atoms with Crippen LogP contribution in [0.5, 0.6) is 0 Å². The minimum atomic E-state index is 0.364. The molecule has 164 valence electrons. The molecule has 4 atom stereocenters. The lowest BCUT2D eigenvalue weighted by Gasteiger charge is -2.54. The van der Waals surface area contributed by atoms with Crippen molar-refractivity contribution >= 4 is 16.8 Å². The summed E-state index contributed by atoms with van der Waals surface area (Å²) in [6.45, 7) is 3.42. The lowest BCUT2D eigenvalue weighted by molar-refractivity contribution is -0.136. The van der Waals surface area contributed by atoms with Gasteiger partial charge in [-0.25, -0.2) is 0 Å². The number of likely N-dealkylation sites (tertiary alicyclic amines) is 1. The summed E-state index contributed by atoms with van der Waals surface area (Å²) in [5.74, 6) is 1.74. The zero-order valence-electron chi connectivity index (χ0n) is 18.8. The van der Waals surface area contributed by atoms with Gasteiger partial charge >= 0.3 is 0 Å². The highest BCUT2D eigenvalue weighted by atomic mass is 16.2. The first kappa shape index (κ1) is 19.6. The molecule has 0 saturated carbocycles. The summed E-state index contributed by atoms with van der Waals surface area (Å²) < 4.78 is 2.19. The summed E-state index contributed by atoms with van der Waals surface area (Å²) >= 11 is 0. The van der Waals surface area contributed by atoms with Gasteiger partial charge in [0.25, 0.3) is 0 Å². The van der Waals surface area contributed by atoms with E-state index in [1.54, 1.807) is 5.57 Å². The van der Waals surface area contributed by atoms with Crippen LogP contribution in [0.3, 0.4) is 0 Å². The number of carbonyl (C=O) groups excluding carboxylic acids is 1. The van der Waals surface area contributed by atoms with Gasteiger partial charge in [-0.3, -0.25) is 9.69 Å². The van der Waals surface area contributed by atoms with Gasteiger partial charge in [0.1, 0.15) is 0 Å². The van der Waals surface area contributed by atoms with E-state index < -0.39 is 0 Å². The minimum absolute atomic E-state index is 0.364. The molecule has 0 radical (unpaired) electrons. The predicted octanol–water partition coefficient (Wildman–Crippen LogP) is 4.53. The van der Waals surface area contributed by atoms with E-state index in [0.29, 0.717) is 24.3 Å². The van der Waals surface area contributed by atoms with Crippen molar-refractivity contribution in [2.45, 2.75) is 63.5 Å². The van der Waals surface area contributed by atoms with Gasteiger partial charge in [-0.15, -0.1) is 0 Å². The highest BCUT2D eigenvalue weighted by molar-refractivity contribution is 5.85. The van der Waals surface area contributed by atoms with Gasteiger partial charge in [0.2, 0.25) is 5.91 Å². The molecule has 1 aromatic heterocycles. The summed E-state index contributed by atoms with van der Waals surface area (Å²) in [4.78, 5) is 18.5. The number of nitrogens with zero attached hydrogens (tertiary/aromatic N) is 3. The number of hydrogen-bond acceptors (Lipinski definition) is 2. The summed E-state index contributed by atoms with van der Waals surface area (Å²) in [5.41, 5.74) is 4.15. The van der Waals surface area contributed by atoms with Crippen molar-refractivity contribution in [2.75, 3.05) is 19.6 Å². The number of hydrogen-bond donors (Lipinski definition) is 0. The van der Waals surface area contributed by atoms with Crippen LogP contribution in [-0.2, 0) is 18.3 Å². The van der Waals surface area contributed by atoms with E-state index in [4.69, 9.17) is 0 Å². The van der Waals surface area contributed by atoms with Gasteiger partial charge in [-0.1, -0.05) is 36.3 Å². The van der Waals surface area contributed by atoms with Crippen molar-refractivity contribution < 1.29 is 4.79 Å². The van der Waals surface area contributed by atoms with Crippen molar-refractivity contribution in [1.82, 2.24) is 14.4 Å². The van der Waals surface area contributed by atoms with Gasteiger partial charge in [-0.05, 0) is 68.5 Å². The van der Waals surface area contributed by atoms with E-state index in [9.17, 15) is 4.79 Å². The average molecular weight is 418 g/mol. The maximum atomic E-state index is 13.5. The third-order valence-corrected chi connectivity index (χ3v) is 8.57. The maximum absolute atomic E-state index is 13.5. The second kappa shape index (κ2) is 7.81. The summed E-state index contributed by atoms with van der Waals surface area (Å²) in [6, 6.07) is 9.69. The predicted molar refractivity (Wildman–Crippen MR) is 125 cm³/mol. The van der Waals surface area contributed by atoms with Gasteiger partial charge in [-0.2, -0.15) is 0 Å². The van der Waals surface area contributed by atoms with Crippen LogP contribution in [0.2, 0.25) is 0 Å². The first-order valence-corrected chi connectivity index (χ1v) is 12.5. The molecule has 4 unspecified atom stereocenters. The quantitative estimate of drug-likeness (QED) is 0.687. The summed E-state index contributed by atoms with van der Waals surface area (Å²) in [5, 5.41) is 1.29. The number of aromatic nitrogens is 1. The van der Waals surface area contributed by atoms with Crippen LogP contribution in [0.4, 0.5) is 0 Å². The molecule has 0 spiro atoms. The first-order valence-electron chi connectivity index (χ1n) is 12.5. The highest BCUT2D eigenvalue weighted by Gasteiger charge is 2.46. The molecular weight excluding hydrogens is 382 g/mol. The fourth-order valence-electron chi connectivity index (χ4n) is 7.26. The SMILES string of the molecule is Cn1cc(CCC(=O)N2CCCC3=CC4CC(CN5CCCCC45)C32)c2ccccc21. The Morgan fingerprint density at radius 2 is 2.03 bits per heavy atom. The second-order valence-corrected chi connectivity index (χ2v) is 10.4. The van der Waals surface area contributed by atoms with E-state index in [2.05, 4.69) is 58.0 Å². The van der Waals surface area contributed by atoms with Gasteiger partial charge < -0.3 is 9.47 Å². The van der Waals surface area contributed by atoms with Crippen molar-refractivity contribution in [2.24, 2.45) is 18.9 Å². The largest absolute Gasteiger partial charge is 0.350 e. The molecular formula is C27H35N3O. The number of piperidine rings is 3. The molecule has 6 rings (SSSR count). The number of carbonyl (C=O) groups is 1. The van der Waals surface area contributed by atoms with Crippen molar-refractivity contribution in [1.29, 1.82) is 0 Å². The fourth-order valence-corrected chi connectivity index (χ4v) is 7.26. The van der Waals surface area contributed by atoms with E-state index in [-0.39, 0.29) is 0 Å². The Kier molecular flexibility index (Phi) is 4.94. The molecule has 0 N–H and O–H groups in total. The Morgan fingerprint density at radius 1 is 1.13 bits per heavy atom. The van der Waals surface area contributed by atoms with Crippen molar-refractivity contribution in [3.8, 4) is 0 Å². The molecule has 4 aliphatic rings. The van der Waals surface area contributed by atoms with E-state index >= 15 is 0 Å². The summed E-state index contributed by atoms with van der Waals surface area (Å²) in [6.07, 6.45) is 14.0. The van der Waals surface area contributed by atoms with Gasteiger partial charge in [0.15, 0.2) is 0 Å². The van der Waals surface area contributed by atoms with Crippen LogP contribution >= 0.6 is 0 Å². The normalized spacial score (nSPS) is 30.6. The van der Waals surface area contributed by atoms with Crippen LogP contribution in [-0.4, -0.2) is 52.0 Å². The lowest BCUT2D eigenvalue weighted by Crippen LogP contribution is -2.60. The lowest BCUT2D eigenvalue weighted by atomic mass is 9.68. The van der Waals surface area contributed by atoms with Crippen LogP contribution in [0.15, 0.2) is 42.1 Å². The molecule has 3 fully saturated rings. The molecule has 4 heteroatoms. The number of amides is 1. The molecule has 4 heterocycles. The Balaban J connectivity index is 1.21. The monoisotopic (exact) mass is 417 g/mol. The first-order chi connectivity index (χ1) is 15.2. The molecule has 2 bridgehead atoms. The number of aryl methyl sites for hydroxylation is 2. The van der Waals surface area contributed by atoms with Crippen LogP contribution in [0.25, 0.3) is 10.9 Å². The molecule has 31 heavy (non-hydrogen) atoms. The van der Waals surface area contributed by atoms with E-state index in [0.717, 1.165) is 31.3 Å². The number of para-hydroxylation sites is 1. The number of benzene rings is 1. The zero-order valence-corrected chi connectivity index (χ0v) is 18.8. The van der Waals surface area contributed by atoms with Crippen LogP contribution in [0, 0.1) is 11.8 Å². The minimum Gasteiger partial charge on any atom is -0.350 e. The maximum Gasteiger partial charge on any atom is 0.223 e. The summed E-state index contributed by atoms with van der Waals surface area (Å²) in [7, 11) is 2.10. The van der Waals surface area contributed by atoms with Crippen LogP contribution in [0.1, 0.15) is 50.5 Å². The third-order valence-electron chi connectivity index (χ3n) is 8.57. The van der Waals surface area contributed by atoms with E-state index in [1.807, 2.05) is 0 Å². The Labute approximate surface area is 185 Å². The van der Waals surface area contributed by atoms with E-state index in [1.165, 1.54) is 61.7 Å². The standard InChI is InChI=1S/C27H35N3O/c1-28-17-20(23-8-2-3-10-25(23)28)11-12-26(31)30-14-6-7-19-15-21-16-22(27(19)30)18-29-13-5-4-9-24(21)29/h2-3,8,10,15,17,21-22,24,27H,4-7,9,11-14,16,18H2,1H3. The van der Waals surface area contributed by atoms with Gasteiger partial charge in [0, 0.05) is 49.7 Å². The molecule has 1 amide bonds. The Bertz CT molecular complexity index is 1020. The molecule has 3 saturated heterocycles. The number of rotatable bonds is 3. The molecule has 1 aliphatic carbocycles. The number of fused-ring (bicyclic) bond motifs is 7. The molecule has 3 aliphatic heterocycles. The molecule has 4 nitrogen and oxygen atoms in total. The van der Waals surface area contributed by atoms with Crippen molar-refractivity contribution in [3.63, 3.8) is 0 Å². The zero-order chi connectivity index (χ0) is 20.9. The Morgan fingerprint density at radius 3 is 2.97 bits per heavy atom. The topological polar surface area (TPSA) is 28.5 Å². The Hall–Kier alpha value is -2.07.